The number of alkyl carbamates (subject to hydrolysis) is 1. The molecule has 1 unspecified atom stereocenters. The van der Waals surface area contributed by atoms with Crippen molar-refractivity contribution in [1.29, 1.82) is 0 Å². The number of hydrogen-bond acceptors (Lipinski definition) is 4. The lowest BCUT2D eigenvalue weighted by Gasteiger charge is -2.13. The van der Waals surface area contributed by atoms with Gasteiger partial charge in [-0.3, -0.25) is 4.79 Å². The van der Waals surface area contributed by atoms with Gasteiger partial charge in [0, 0.05) is 6.04 Å². The minimum absolute atomic E-state index is 0.176. The van der Waals surface area contributed by atoms with Crippen LogP contribution in [-0.4, -0.2) is 31.3 Å². The molecule has 0 aromatic heterocycles. The first-order chi connectivity index (χ1) is 9.10. The van der Waals surface area contributed by atoms with Gasteiger partial charge in [-0.05, 0) is 19.8 Å². The van der Waals surface area contributed by atoms with E-state index in [2.05, 4.69) is 12.2 Å². The summed E-state index contributed by atoms with van der Waals surface area (Å²) in [5.74, 6) is -0.280. The highest BCUT2D eigenvalue weighted by molar-refractivity contribution is 5.72. The number of esters is 1. The fourth-order valence-corrected chi connectivity index (χ4v) is 1.45. The Balaban J connectivity index is 3.63. The van der Waals surface area contributed by atoms with Crippen LogP contribution in [0.3, 0.4) is 0 Å². The summed E-state index contributed by atoms with van der Waals surface area (Å²) < 4.78 is 10.0. The minimum atomic E-state index is -0.472. The normalized spacial score (nSPS) is 11.7. The van der Waals surface area contributed by atoms with E-state index in [4.69, 9.17) is 9.47 Å². The zero-order chi connectivity index (χ0) is 14.5. The fourth-order valence-electron chi connectivity index (χ4n) is 1.45. The van der Waals surface area contributed by atoms with Gasteiger partial charge in [0.05, 0.1) is 19.6 Å². The maximum Gasteiger partial charge on any atom is 0.407 e. The molecule has 0 saturated heterocycles. The maximum absolute atomic E-state index is 11.4. The first-order valence-corrected chi connectivity index (χ1v) is 7.19. The van der Waals surface area contributed by atoms with Crippen LogP contribution < -0.4 is 5.32 Å². The third kappa shape index (κ3) is 11.6. The van der Waals surface area contributed by atoms with E-state index in [0.717, 1.165) is 32.1 Å². The summed E-state index contributed by atoms with van der Waals surface area (Å²) >= 11 is 0. The second kappa shape index (κ2) is 11.8. The van der Waals surface area contributed by atoms with Gasteiger partial charge in [-0.15, -0.1) is 0 Å². The van der Waals surface area contributed by atoms with Crippen LogP contribution in [0.4, 0.5) is 4.79 Å². The number of ether oxygens (including phenoxy) is 2. The smallest absolute Gasteiger partial charge is 0.407 e. The molecular formula is C14H27NO4. The topological polar surface area (TPSA) is 64.6 Å². The molecule has 0 aliphatic rings. The van der Waals surface area contributed by atoms with E-state index >= 15 is 0 Å². The number of unbranched alkanes of at least 4 members (excludes halogenated alkanes) is 3. The Morgan fingerprint density at radius 2 is 1.63 bits per heavy atom. The van der Waals surface area contributed by atoms with Crippen LogP contribution in [0.1, 0.15) is 59.3 Å². The summed E-state index contributed by atoms with van der Waals surface area (Å²) in [4.78, 5) is 22.8. The number of hydrogen-bond donors (Lipinski definition) is 1. The Bertz CT molecular complexity index is 256. The molecule has 19 heavy (non-hydrogen) atoms. The average molecular weight is 273 g/mol. The van der Waals surface area contributed by atoms with E-state index in [0.29, 0.717) is 13.2 Å². The van der Waals surface area contributed by atoms with Gasteiger partial charge in [0.25, 0.3) is 0 Å². The van der Waals surface area contributed by atoms with E-state index in [1.54, 1.807) is 6.92 Å². The first-order valence-electron chi connectivity index (χ1n) is 7.19. The van der Waals surface area contributed by atoms with Gasteiger partial charge in [-0.25, -0.2) is 4.79 Å². The van der Waals surface area contributed by atoms with Crippen molar-refractivity contribution >= 4 is 12.1 Å². The summed E-state index contributed by atoms with van der Waals surface area (Å²) in [6.07, 6.45) is 4.58. The molecule has 112 valence electrons. The fraction of sp³-hybridized carbons (Fsp3) is 0.857. The molecule has 0 fully saturated rings. The molecule has 0 aliphatic carbocycles. The lowest BCUT2D eigenvalue weighted by atomic mass is 10.2. The zero-order valence-corrected chi connectivity index (χ0v) is 12.4. The van der Waals surface area contributed by atoms with E-state index in [-0.39, 0.29) is 18.4 Å². The number of rotatable bonds is 10. The summed E-state index contributed by atoms with van der Waals surface area (Å²) in [6, 6.07) is -0.271. The maximum atomic E-state index is 11.4. The molecule has 1 atom stereocenters. The lowest BCUT2D eigenvalue weighted by molar-refractivity contribution is -0.144. The molecule has 5 heteroatoms. The van der Waals surface area contributed by atoms with Gasteiger partial charge in [-0.1, -0.05) is 33.1 Å². The van der Waals surface area contributed by atoms with Crippen molar-refractivity contribution < 1.29 is 19.1 Å². The largest absolute Gasteiger partial charge is 0.466 e. The van der Waals surface area contributed by atoms with Crippen LogP contribution in [-0.2, 0) is 14.3 Å². The van der Waals surface area contributed by atoms with Crippen molar-refractivity contribution in [2.24, 2.45) is 0 Å². The second-order valence-corrected chi connectivity index (χ2v) is 4.67. The molecule has 1 amide bonds. The van der Waals surface area contributed by atoms with Crippen molar-refractivity contribution in [3.05, 3.63) is 0 Å². The molecule has 0 aromatic rings. The van der Waals surface area contributed by atoms with Crippen LogP contribution >= 0.6 is 0 Å². The Morgan fingerprint density at radius 3 is 2.26 bits per heavy atom. The van der Waals surface area contributed by atoms with Crippen LogP contribution in [0, 0.1) is 0 Å². The van der Waals surface area contributed by atoms with E-state index in [1.807, 2.05) is 6.92 Å². The molecule has 0 radical (unpaired) electrons. The summed E-state index contributed by atoms with van der Waals surface area (Å²) in [7, 11) is 0. The first kappa shape index (κ1) is 17.7. The average Bonchev–Trinajstić information content (AvgIpc) is 2.34. The quantitative estimate of drug-likeness (QED) is 0.491. The molecular weight excluding hydrogens is 246 g/mol. The molecule has 1 N–H and O–H groups in total. The molecule has 0 saturated carbocycles. The number of nitrogens with one attached hydrogen (secondary N) is 1. The second-order valence-electron chi connectivity index (χ2n) is 4.67. The highest BCUT2D eigenvalue weighted by atomic mass is 16.5. The van der Waals surface area contributed by atoms with Crippen molar-refractivity contribution in [1.82, 2.24) is 5.32 Å². The van der Waals surface area contributed by atoms with E-state index in [1.165, 1.54) is 0 Å². The van der Waals surface area contributed by atoms with Gasteiger partial charge in [0.15, 0.2) is 0 Å². The van der Waals surface area contributed by atoms with Gasteiger partial charge in [-0.2, -0.15) is 0 Å². The van der Waals surface area contributed by atoms with E-state index < -0.39 is 6.09 Å². The Labute approximate surface area is 116 Å². The van der Waals surface area contributed by atoms with Gasteiger partial charge in [0.2, 0.25) is 0 Å². The third-order valence-electron chi connectivity index (χ3n) is 2.58. The Kier molecular flexibility index (Phi) is 11.0. The zero-order valence-electron chi connectivity index (χ0n) is 12.4. The lowest BCUT2D eigenvalue weighted by Crippen LogP contribution is -2.35. The predicted molar refractivity (Wildman–Crippen MR) is 74.0 cm³/mol. The molecule has 0 aliphatic heterocycles. The van der Waals surface area contributed by atoms with Crippen LogP contribution in [0.15, 0.2) is 0 Å². The molecule has 0 aromatic carbocycles. The summed E-state index contributed by atoms with van der Waals surface area (Å²) in [5, 5.41) is 2.61. The van der Waals surface area contributed by atoms with Crippen LogP contribution in [0.2, 0.25) is 0 Å². The monoisotopic (exact) mass is 273 g/mol. The minimum Gasteiger partial charge on any atom is -0.466 e. The van der Waals surface area contributed by atoms with Crippen molar-refractivity contribution in [3.8, 4) is 0 Å². The third-order valence-corrected chi connectivity index (χ3v) is 2.58. The number of carbonyl (C=O) groups is 2. The standard InChI is InChI=1S/C14H27NO4/c1-4-6-8-10-18-13(16)11-12(3)15-14(17)19-9-7-5-2/h12H,4-11H2,1-3H3,(H,15,17). The predicted octanol–water partition coefficient (Wildman–Crippen LogP) is 3.02. The number of carbonyl (C=O) groups excluding carboxylic acids is 2. The Morgan fingerprint density at radius 1 is 1.00 bits per heavy atom. The molecule has 0 rings (SSSR count). The van der Waals surface area contributed by atoms with Crippen LogP contribution in [0.5, 0.6) is 0 Å². The SMILES string of the molecule is CCCCCOC(=O)CC(C)NC(=O)OCCCC. The molecule has 0 bridgehead atoms. The van der Waals surface area contributed by atoms with Crippen LogP contribution in [0.25, 0.3) is 0 Å². The highest BCUT2D eigenvalue weighted by Crippen LogP contribution is 1.99. The van der Waals surface area contributed by atoms with Crippen molar-refractivity contribution in [3.63, 3.8) is 0 Å². The molecule has 0 spiro atoms. The van der Waals surface area contributed by atoms with Gasteiger partial charge < -0.3 is 14.8 Å². The molecule has 5 nitrogen and oxygen atoms in total. The van der Waals surface area contributed by atoms with Gasteiger partial charge in [0.1, 0.15) is 0 Å². The van der Waals surface area contributed by atoms with Crippen molar-refractivity contribution in [2.45, 2.75) is 65.3 Å². The highest BCUT2D eigenvalue weighted by Gasteiger charge is 2.13. The Hall–Kier alpha value is -1.26. The summed E-state index contributed by atoms with van der Waals surface area (Å²) in [5.41, 5.74) is 0. The molecule has 0 heterocycles. The van der Waals surface area contributed by atoms with Gasteiger partial charge >= 0.3 is 12.1 Å². The summed E-state index contributed by atoms with van der Waals surface area (Å²) in [6.45, 7) is 6.75. The van der Waals surface area contributed by atoms with E-state index in [9.17, 15) is 9.59 Å². The number of amides is 1. The van der Waals surface area contributed by atoms with Crippen molar-refractivity contribution in [2.75, 3.05) is 13.2 Å².